The summed E-state index contributed by atoms with van der Waals surface area (Å²) >= 11 is 15.5. The Morgan fingerprint density at radius 1 is 1.31 bits per heavy atom. The molecule has 0 unspecified atom stereocenters. The molecular weight excluding hydrogens is 307 g/mol. The van der Waals surface area contributed by atoms with Gasteiger partial charge < -0.3 is 0 Å². The summed E-state index contributed by atoms with van der Waals surface area (Å²) < 4.78 is 0. The van der Waals surface area contributed by atoms with Crippen LogP contribution in [0.4, 0.5) is 0 Å². The van der Waals surface area contributed by atoms with Gasteiger partial charge in [0.15, 0.2) is 0 Å². The van der Waals surface area contributed by atoms with Crippen LogP contribution in [0.15, 0.2) is 23.8 Å². The van der Waals surface area contributed by atoms with Crippen LogP contribution in [0.25, 0.3) is 6.08 Å². The predicted octanol–water partition coefficient (Wildman–Crippen LogP) is 5.82. The molecule has 0 bridgehead atoms. The summed E-state index contributed by atoms with van der Waals surface area (Å²) in [7, 11) is 0. The van der Waals surface area contributed by atoms with Crippen molar-refractivity contribution in [3.05, 3.63) is 39.4 Å². The predicted molar refractivity (Wildman–Crippen MR) is 77.7 cm³/mol. The largest absolute Gasteiger partial charge is 0.0880 e. The molecule has 0 aliphatic heterocycles. The molecule has 1 aromatic rings. The third kappa shape index (κ3) is 3.80. The minimum absolute atomic E-state index is 0.131. The van der Waals surface area contributed by atoms with E-state index in [0.717, 1.165) is 10.9 Å². The fourth-order valence-electron chi connectivity index (χ4n) is 1.26. The zero-order valence-corrected chi connectivity index (χ0v) is 12.7. The minimum atomic E-state index is 0.131. The fraction of sp³-hybridized carbons (Fsp3) is 0.385. The van der Waals surface area contributed by atoms with Crippen molar-refractivity contribution in [2.45, 2.75) is 20.8 Å². The van der Waals surface area contributed by atoms with Crippen LogP contribution in [0.1, 0.15) is 26.3 Å². The second-order valence-electron chi connectivity index (χ2n) is 4.72. The van der Waals surface area contributed by atoms with Gasteiger partial charge in [-0.15, -0.1) is 0 Å². The molecule has 0 spiro atoms. The topological polar surface area (TPSA) is 0 Å². The van der Waals surface area contributed by atoms with Gasteiger partial charge in [-0.1, -0.05) is 77.6 Å². The molecule has 0 heterocycles. The molecule has 0 N–H and O–H groups in total. The monoisotopic (exact) mass is 320 g/mol. The lowest BCUT2D eigenvalue weighted by atomic mass is 9.86. The first-order valence-corrected chi connectivity index (χ1v) is 6.94. The van der Waals surface area contributed by atoms with Gasteiger partial charge in [0.05, 0.1) is 0 Å². The standard InChI is InChI=1S/C13H15BrCl2/c1-13(2,3)10(8-14)6-9-4-5-11(15)7-12(9)16/h4-7H,8H2,1-3H3. The third-order valence-corrected chi connectivity index (χ3v) is 3.57. The number of rotatable bonds is 2. The number of hydrogen-bond acceptors (Lipinski definition) is 0. The Kier molecular flexibility index (Phi) is 4.90. The highest BCUT2D eigenvalue weighted by Crippen LogP contribution is 2.31. The summed E-state index contributed by atoms with van der Waals surface area (Å²) in [6.07, 6.45) is 2.12. The SMILES string of the molecule is CC(C)(C)C(=Cc1ccc(Cl)cc1Cl)CBr. The molecule has 1 rings (SSSR count). The molecule has 3 heteroatoms. The molecule has 16 heavy (non-hydrogen) atoms. The Morgan fingerprint density at radius 2 is 1.94 bits per heavy atom. The molecule has 0 atom stereocenters. The van der Waals surface area contributed by atoms with Gasteiger partial charge >= 0.3 is 0 Å². The molecule has 0 saturated heterocycles. The number of alkyl halides is 1. The molecule has 0 fully saturated rings. The van der Waals surface area contributed by atoms with Crippen LogP contribution in [0.2, 0.25) is 10.0 Å². The van der Waals surface area contributed by atoms with Gasteiger partial charge in [-0.05, 0) is 23.1 Å². The van der Waals surface area contributed by atoms with Crippen LogP contribution in [0.5, 0.6) is 0 Å². The lowest BCUT2D eigenvalue weighted by Gasteiger charge is -2.21. The number of halogens is 3. The molecule has 0 aromatic heterocycles. The summed E-state index contributed by atoms with van der Waals surface area (Å²) in [5, 5.41) is 2.20. The molecule has 0 nitrogen and oxygen atoms in total. The van der Waals surface area contributed by atoms with Crippen molar-refractivity contribution in [2.24, 2.45) is 5.41 Å². The summed E-state index contributed by atoms with van der Waals surface area (Å²) in [6.45, 7) is 6.55. The number of allylic oxidation sites excluding steroid dienone is 1. The maximum Gasteiger partial charge on any atom is 0.0493 e. The van der Waals surface area contributed by atoms with Gasteiger partial charge in [0.2, 0.25) is 0 Å². The van der Waals surface area contributed by atoms with E-state index in [0.29, 0.717) is 10.0 Å². The van der Waals surface area contributed by atoms with Crippen LogP contribution in [0, 0.1) is 5.41 Å². The number of hydrogen-bond donors (Lipinski definition) is 0. The maximum atomic E-state index is 6.14. The molecule has 0 aliphatic carbocycles. The lowest BCUT2D eigenvalue weighted by Crippen LogP contribution is -2.10. The highest BCUT2D eigenvalue weighted by molar-refractivity contribution is 9.09. The molecular formula is C13H15BrCl2. The van der Waals surface area contributed by atoms with Crippen molar-refractivity contribution >= 4 is 45.2 Å². The smallest absolute Gasteiger partial charge is 0.0493 e. The van der Waals surface area contributed by atoms with E-state index < -0.39 is 0 Å². The molecule has 0 radical (unpaired) electrons. The van der Waals surface area contributed by atoms with Gasteiger partial charge in [-0.2, -0.15) is 0 Å². The van der Waals surface area contributed by atoms with E-state index in [9.17, 15) is 0 Å². The van der Waals surface area contributed by atoms with E-state index >= 15 is 0 Å². The first-order chi connectivity index (χ1) is 7.34. The van der Waals surface area contributed by atoms with Crippen molar-refractivity contribution < 1.29 is 0 Å². The second-order valence-corrected chi connectivity index (χ2v) is 6.12. The highest BCUT2D eigenvalue weighted by atomic mass is 79.9. The fourth-order valence-corrected chi connectivity index (χ4v) is 2.73. The Bertz CT molecular complexity index is 403. The van der Waals surface area contributed by atoms with Crippen molar-refractivity contribution in [1.82, 2.24) is 0 Å². The Labute approximate surface area is 116 Å². The van der Waals surface area contributed by atoms with E-state index in [2.05, 4.69) is 42.8 Å². The Balaban J connectivity index is 3.14. The summed E-state index contributed by atoms with van der Waals surface area (Å²) in [5.41, 5.74) is 2.44. The molecule has 1 aromatic carbocycles. The van der Waals surface area contributed by atoms with Gasteiger partial charge in [0, 0.05) is 15.4 Å². The molecule has 0 amide bonds. The average Bonchev–Trinajstić information content (AvgIpc) is 2.14. The average molecular weight is 322 g/mol. The summed E-state index contributed by atoms with van der Waals surface area (Å²) in [6, 6.07) is 5.57. The zero-order chi connectivity index (χ0) is 12.3. The van der Waals surface area contributed by atoms with Crippen molar-refractivity contribution in [3.63, 3.8) is 0 Å². The van der Waals surface area contributed by atoms with E-state index in [1.54, 1.807) is 6.07 Å². The second kappa shape index (κ2) is 5.57. The van der Waals surface area contributed by atoms with Crippen molar-refractivity contribution in [1.29, 1.82) is 0 Å². The first-order valence-electron chi connectivity index (χ1n) is 5.06. The van der Waals surface area contributed by atoms with E-state index in [1.807, 2.05) is 12.1 Å². The Hall–Kier alpha value is 0.0200. The summed E-state index contributed by atoms with van der Waals surface area (Å²) in [4.78, 5) is 0. The zero-order valence-electron chi connectivity index (χ0n) is 9.65. The van der Waals surface area contributed by atoms with Gasteiger partial charge in [-0.25, -0.2) is 0 Å². The lowest BCUT2D eigenvalue weighted by molar-refractivity contribution is 0.511. The molecule has 0 aliphatic rings. The van der Waals surface area contributed by atoms with Crippen LogP contribution in [-0.2, 0) is 0 Å². The van der Waals surface area contributed by atoms with Gasteiger partial charge in [-0.3, -0.25) is 0 Å². The maximum absolute atomic E-state index is 6.14. The third-order valence-electron chi connectivity index (χ3n) is 2.40. The van der Waals surface area contributed by atoms with Crippen LogP contribution >= 0.6 is 39.1 Å². The van der Waals surface area contributed by atoms with Crippen LogP contribution < -0.4 is 0 Å². The van der Waals surface area contributed by atoms with Crippen LogP contribution in [0.3, 0.4) is 0 Å². The summed E-state index contributed by atoms with van der Waals surface area (Å²) in [5.74, 6) is 0. The minimum Gasteiger partial charge on any atom is -0.0880 e. The first kappa shape index (κ1) is 14.1. The quantitative estimate of drug-likeness (QED) is 0.602. The van der Waals surface area contributed by atoms with Crippen molar-refractivity contribution in [2.75, 3.05) is 5.33 Å². The normalized spacial score (nSPS) is 13.0. The van der Waals surface area contributed by atoms with E-state index in [4.69, 9.17) is 23.2 Å². The van der Waals surface area contributed by atoms with Crippen molar-refractivity contribution in [3.8, 4) is 0 Å². The number of benzene rings is 1. The van der Waals surface area contributed by atoms with Crippen LogP contribution in [-0.4, -0.2) is 5.33 Å². The molecule has 88 valence electrons. The Morgan fingerprint density at radius 3 is 2.38 bits per heavy atom. The molecule has 0 saturated carbocycles. The van der Waals surface area contributed by atoms with E-state index in [1.165, 1.54) is 5.57 Å². The van der Waals surface area contributed by atoms with E-state index in [-0.39, 0.29) is 5.41 Å². The highest BCUT2D eigenvalue weighted by Gasteiger charge is 2.16. The van der Waals surface area contributed by atoms with Gasteiger partial charge in [0.1, 0.15) is 0 Å². The van der Waals surface area contributed by atoms with Gasteiger partial charge in [0.25, 0.3) is 0 Å².